The second-order valence-corrected chi connectivity index (χ2v) is 5.57. The molecule has 2 rings (SSSR count). The van der Waals surface area contributed by atoms with Crippen LogP contribution >= 0.6 is 0 Å². The first-order valence-corrected chi connectivity index (χ1v) is 7.47. The van der Waals surface area contributed by atoms with Crippen molar-refractivity contribution in [1.82, 2.24) is 10.6 Å². The first-order valence-electron chi connectivity index (χ1n) is 7.47. The Morgan fingerprint density at radius 2 is 1.70 bits per heavy atom. The Morgan fingerprint density at radius 3 is 2.35 bits per heavy atom. The molecule has 2 N–H and O–H groups in total. The van der Waals surface area contributed by atoms with Crippen LogP contribution in [0.5, 0.6) is 0 Å². The topological polar surface area (TPSA) is 75.3 Å². The number of hydrogen-bond donors (Lipinski definition) is 2. The van der Waals surface area contributed by atoms with Crippen molar-refractivity contribution in [3.05, 3.63) is 11.6 Å². The van der Waals surface area contributed by atoms with Crippen molar-refractivity contribution in [2.45, 2.75) is 58.3 Å². The van der Waals surface area contributed by atoms with E-state index in [2.05, 4.69) is 10.6 Å². The van der Waals surface area contributed by atoms with Crippen molar-refractivity contribution >= 4 is 17.8 Å². The Morgan fingerprint density at radius 1 is 1.05 bits per heavy atom. The van der Waals surface area contributed by atoms with Gasteiger partial charge < -0.3 is 0 Å². The molecule has 1 fully saturated rings. The fourth-order valence-electron chi connectivity index (χ4n) is 3.19. The summed E-state index contributed by atoms with van der Waals surface area (Å²) in [5.74, 6) is -0.917. The highest BCUT2D eigenvalue weighted by Crippen LogP contribution is 2.39. The van der Waals surface area contributed by atoms with E-state index in [0.717, 1.165) is 37.7 Å². The van der Waals surface area contributed by atoms with E-state index in [1.54, 1.807) is 0 Å². The molecule has 0 aromatic rings. The molecule has 1 saturated heterocycles. The van der Waals surface area contributed by atoms with Crippen LogP contribution in [0.25, 0.3) is 0 Å². The van der Waals surface area contributed by atoms with Gasteiger partial charge in [-0.2, -0.15) is 0 Å². The molecule has 0 saturated carbocycles. The minimum Gasteiger partial charge on any atom is -0.277 e. The second-order valence-electron chi connectivity index (χ2n) is 5.57. The molecular weight excluding hydrogens is 256 g/mol. The molecule has 2 aliphatic rings. The minimum absolute atomic E-state index is 0.448. The van der Waals surface area contributed by atoms with E-state index < -0.39 is 23.3 Å². The van der Waals surface area contributed by atoms with Gasteiger partial charge in [0.1, 0.15) is 5.41 Å². The van der Waals surface area contributed by atoms with Gasteiger partial charge in [0, 0.05) is 0 Å². The summed E-state index contributed by atoms with van der Waals surface area (Å²) in [5, 5.41) is 4.54. The van der Waals surface area contributed by atoms with E-state index in [-0.39, 0.29) is 0 Å². The van der Waals surface area contributed by atoms with Crippen LogP contribution in [0.3, 0.4) is 0 Å². The smallest absolute Gasteiger partial charge is 0.277 e. The molecule has 1 aliphatic carbocycles. The van der Waals surface area contributed by atoms with Crippen LogP contribution in [0.4, 0.5) is 4.79 Å². The van der Waals surface area contributed by atoms with Crippen LogP contribution in [0, 0.1) is 5.41 Å². The van der Waals surface area contributed by atoms with E-state index >= 15 is 0 Å². The molecule has 0 aromatic carbocycles. The van der Waals surface area contributed by atoms with Gasteiger partial charge in [0.05, 0.1) is 0 Å². The summed E-state index contributed by atoms with van der Waals surface area (Å²) in [7, 11) is 0. The summed E-state index contributed by atoms with van der Waals surface area (Å²) in [6.45, 7) is 1.95. The predicted octanol–water partition coefficient (Wildman–Crippen LogP) is 2.42. The molecule has 1 heterocycles. The number of carbonyl (C=O) groups is 3. The lowest BCUT2D eigenvalue weighted by atomic mass is 9.71. The van der Waals surface area contributed by atoms with Gasteiger partial charge in [-0.25, -0.2) is 4.79 Å². The van der Waals surface area contributed by atoms with Gasteiger partial charge in [-0.3, -0.25) is 20.2 Å². The van der Waals surface area contributed by atoms with Crippen molar-refractivity contribution in [3.8, 4) is 0 Å². The lowest BCUT2D eigenvalue weighted by Crippen LogP contribution is -2.63. The molecule has 0 atom stereocenters. The van der Waals surface area contributed by atoms with Gasteiger partial charge in [0.2, 0.25) is 11.8 Å². The second kappa shape index (κ2) is 6.20. The molecular formula is C15H22N2O3. The maximum atomic E-state index is 12.4. The number of barbiturate groups is 1. The Bertz CT molecular complexity index is 434. The zero-order chi connectivity index (χ0) is 14.6. The molecule has 4 amide bonds. The monoisotopic (exact) mass is 278 g/mol. The Hall–Kier alpha value is -1.65. The zero-order valence-electron chi connectivity index (χ0n) is 12.0. The molecule has 0 unspecified atom stereocenters. The van der Waals surface area contributed by atoms with Crippen LogP contribution < -0.4 is 10.6 Å². The third-order valence-corrected chi connectivity index (χ3v) is 4.19. The Kier molecular flexibility index (Phi) is 4.57. The van der Waals surface area contributed by atoms with Gasteiger partial charge >= 0.3 is 6.03 Å². The van der Waals surface area contributed by atoms with Gasteiger partial charge in [-0.05, 0) is 37.7 Å². The highest BCUT2D eigenvalue weighted by Gasteiger charge is 2.51. The summed E-state index contributed by atoms with van der Waals surface area (Å²) in [5.41, 5.74) is -0.290. The summed E-state index contributed by atoms with van der Waals surface area (Å²) in [6.07, 6.45) is 9.27. The minimum atomic E-state index is -1.18. The van der Waals surface area contributed by atoms with Crippen molar-refractivity contribution in [3.63, 3.8) is 0 Å². The fourth-order valence-corrected chi connectivity index (χ4v) is 3.19. The number of urea groups is 1. The number of amides is 4. The number of nitrogens with one attached hydrogen (secondary N) is 2. The van der Waals surface area contributed by atoms with E-state index in [9.17, 15) is 14.4 Å². The molecule has 5 nitrogen and oxygen atoms in total. The summed E-state index contributed by atoms with van der Waals surface area (Å²) >= 11 is 0. The van der Waals surface area contributed by atoms with Gasteiger partial charge in [0.15, 0.2) is 0 Å². The van der Waals surface area contributed by atoms with Crippen molar-refractivity contribution in [2.24, 2.45) is 5.41 Å². The van der Waals surface area contributed by atoms with Crippen LogP contribution in [0.1, 0.15) is 58.3 Å². The molecule has 0 radical (unpaired) electrons. The number of rotatable bonds is 3. The summed E-state index contributed by atoms with van der Waals surface area (Å²) in [4.78, 5) is 36.1. The number of allylic oxidation sites excluding steroid dienone is 1. The molecule has 5 heteroatoms. The summed E-state index contributed by atoms with van der Waals surface area (Å²) in [6, 6.07) is -0.710. The van der Waals surface area contributed by atoms with E-state index in [4.69, 9.17) is 0 Å². The lowest BCUT2D eigenvalue weighted by molar-refractivity contribution is -0.142. The largest absolute Gasteiger partial charge is 0.328 e. The zero-order valence-corrected chi connectivity index (χ0v) is 12.0. The van der Waals surface area contributed by atoms with Crippen molar-refractivity contribution in [1.29, 1.82) is 0 Å². The van der Waals surface area contributed by atoms with Gasteiger partial charge in [0.25, 0.3) is 0 Å². The SMILES string of the molecule is CCCC1(/C2=C/CCCCCC2)C(=O)NC(=O)NC1=O. The molecule has 0 spiro atoms. The Balaban J connectivity index is 2.39. The molecule has 0 bridgehead atoms. The highest BCUT2D eigenvalue weighted by molar-refractivity contribution is 6.21. The lowest BCUT2D eigenvalue weighted by Gasteiger charge is -2.36. The maximum Gasteiger partial charge on any atom is 0.328 e. The van der Waals surface area contributed by atoms with Crippen LogP contribution in [-0.4, -0.2) is 17.8 Å². The normalized spacial score (nSPS) is 25.9. The van der Waals surface area contributed by atoms with E-state index in [1.165, 1.54) is 6.42 Å². The third kappa shape index (κ3) is 2.62. The van der Waals surface area contributed by atoms with Gasteiger partial charge in [-0.15, -0.1) is 0 Å². The van der Waals surface area contributed by atoms with E-state index in [1.807, 2.05) is 13.0 Å². The quantitative estimate of drug-likeness (QED) is 0.615. The Labute approximate surface area is 119 Å². The molecule has 20 heavy (non-hydrogen) atoms. The van der Waals surface area contributed by atoms with E-state index in [0.29, 0.717) is 12.8 Å². The van der Waals surface area contributed by atoms with Crippen molar-refractivity contribution in [2.75, 3.05) is 0 Å². The first-order chi connectivity index (χ1) is 9.61. The number of carbonyl (C=O) groups excluding carboxylic acids is 3. The van der Waals surface area contributed by atoms with Crippen molar-refractivity contribution < 1.29 is 14.4 Å². The van der Waals surface area contributed by atoms with Gasteiger partial charge in [-0.1, -0.05) is 32.3 Å². The van der Waals surface area contributed by atoms with Crippen LogP contribution in [-0.2, 0) is 9.59 Å². The third-order valence-electron chi connectivity index (χ3n) is 4.19. The van der Waals surface area contributed by atoms with Crippen LogP contribution in [0.15, 0.2) is 11.6 Å². The van der Waals surface area contributed by atoms with Crippen LogP contribution in [0.2, 0.25) is 0 Å². The average molecular weight is 278 g/mol. The first kappa shape index (κ1) is 14.8. The summed E-state index contributed by atoms with van der Waals surface area (Å²) < 4.78 is 0. The standard InChI is InChI=1S/C15H22N2O3/c1-2-10-15(11-8-6-4-3-5-7-9-11)12(18)16-14(20)17-13(15)19/h8H,2-7,9-10H2,1H3,(H2,16,17,18,19,20)/b11-8+. The maximum absolute atomic E-state index is 12.4. The average Bonchev–Trinajstić information content (AvgIpc) is 2.34. The molecule has 1 aliphatic heterocycles. The molecule has 0 aromatic heterocycles. The fraction of sp³-hybridized carbons (Fsp3) is 0.667. The highest BCUT2D eigenvalue weighted by atomic mass is 16.2. The number of imide groups is 2. The number of hydrogen-bond acceptors (Lipinski definition) is 3. The predicted molar refractivity (Wildman–Crippen MR) is 74.8 cm³/mol. The molecule has 110 valence electrons.